The summed E-state index contributed by atoms with van der Waals surface area (Å²) in [4.78, 5) is 24.7. The molecule has 0 atom stereocenters. The Labute approximate surface area is 163 Å². The molecule has 27 heavy (non-hydrogen) atoms. The fourth-order valence-electron chi connectivity index (χ4n) is 1.90. The first-order valence-electron chi connectivity index (χ1n) is 7.77. The topological polar surface area (TPSA) is 121 Å². The van der Waals surface area contributed by atoms with Gasteiger partial charge in [0.1, 0.15) is 19.5 Å². The molecule has 0 aliphatic heterocycles. The fraction of sp³-hybridized carbons (Fsp3) is 0.625. The first-order valence-corrected chi connectivity index (χ1v) is 11.6. The van der Waals surface area contributed by atoms with Crippen molar-refractivity contribution in [1.29, 1.82) is 0 Å². The Balaban J connectivity index is 4.23. The molecular formula is C16H24O8S3. The minimum absolute atomic E-state index is 0.364. The molecule has 0 aromatic carbocycles. The number of carbonyl (C=O) groups excluding carboxylic acids is 2. The third kappa shape index (κ3) is 3.90. The number of rotatable bonds is 4. The van der Waals surface area contributed by atoms with Crippen molar-refractivity contribution in [3.63, 3.8) is 0 Å². The van der Waals surface area contributed by atoms with Crippen molar-refractivity contribution in [2.75, 3.05) is 14.2 Å². The van der Waals surface area contributed by atoms with Crippen LogP contribution in [0, 0.1) is 0 Å². The van der Waals surface area contributed by atoms with Gasteiger partial charge in [0.25, 0.3) is 0 Å². The molecule has 1 rings (SSSR count). The lowest BCUT2D eigenvalue weighted by Gasteiger charge is -2.19. The number of carbonyl (C=O) groups is 2. The van der Waals surface area contributed by atoms with Crippen LogP contribution in [0.2, 0.25) is 0 Å². The highest BCUT2D eigenvalue weighted by Crippen LogP contribution is 2.43. The van der Waals surface area contributed by atoms with E-state index in [-0.39, 0.29) is 0 Å². The van der Waals surface area contributed by atoms with E-state index in [1.54, 1.807) is 0 Å². The number of esters is 2. The van der Waals surface area contributed by atoms with E-state index in [1.165, 1.54) is 41.5 Å². The average Bonchev–Trinajstić information content (AvgIpc) is 2.92. The summed E-state index contributed by atoms with van der Waals surface area (Å²) in [6.07, 6.45) is 0. The maximum atomic E-state index is 13.0. The molecule has 1 aromatic heterocycles. The zero-order valence-corrected chi connectivity index (χ0v) is 18.9. The molecule has 0 aliphatic carbocycles. The molecule has 0 N–H and O–H groups in total. The number of ether oxygens (including phenoxy) is 2. The zero-order chi connectivity index (χ0) is 21.6. The monoisotopic (exact) mass is 440 g/mol. The van der Waals surface area contributed by atoms with E-state index in [0.29, 0.717) is 11.3 Å². The molecule has 0 aliphatic rings. The van der Waals surface area contributed by atoms with Crippen molar-refractivity contribution in [2.45, 2.75) is 59.5 Å². The van der Waals surface area contributed by atoms with Gasteiger partial charge in [0.15, 0.2) is 19.7 Å². The maximum absolute atomic E-state index is 13.0. The summed E-state index contributed by atoms with van der Waals surface area (Å²) in [5.41, 5.74) is -1.24. The van der Waals surface area contributed by atoms with Gasteiger partial charge in [-0.05, 0) is 41.5 Å². The smallest absolute Gasteiger partial charge is 0.341 e. The van der Waals surface area contributed by atoms with Crippen LogP contribution in [0.25, 0.3) is 0 Å². The molecule has 0 radical (unpaired) electrons. The summed E-state index contributed by atoms with van der Waals surface area (Å²) >= 11 is 0.364. The molecular weight excluding hydrogens is 416 g/mol. The van der Waals surface area contributed by atoms with E-state index in [9.17, 15) is 26.4 Å². The number of hydrogen-bond donors (Lipinski definition) is 0. The van der Waals surface area contributed by atoms with Crippen molar-refractivity contribution < 1.29 is 35.9 Å². The first kappa shape index (κ1) is 23.6. The Kier molecular flexibility index (Phi) is 6.26. The first-order chi connectivity index (χ1) is 11.9. The number of methoxy groups -OCH3 is 2. The Bertz CT molecular complexity index is 890. The lowest BCUT2D eigenvalue weighted by atomic mass is 10.2. The van der Waals surface area contributed by atoms with Gasteiger partial charge in [-0.1, -0.05) is 0 Å². The predicted octanol–water partition coefficient (Wildman–Crippen LogP) is 2.47. The van der Waals surface area contributed by atoms with Crippen LogP contribution in [0.1, 0.15) is 62.3 Å². The van der Waals surface area contributed by atoms with Gasteiger partial charge in [-0.15, -0.1) is 11.3 Å². The molecule has 0 amide bonds. The SMILES string of the molecule is COC(=O)c1c(S(=O)(=O)C(C)(C)C)sc(S(=O)(=O)C(C)(C)C)c1C(=O)OC. The highest BCUT2D eigenvalue weighted by molar-refractivity contribution is 7.97. The fourth-order valence-corrected chi connectivity index (χ4v) is 7.70. The molecule has 154 valence electrons. The lowest BCUT2D eigenvalue weighted by Crippen LogP contribution is -2.29. The number of thiophene rings is 1. The van der Waals surface area contributed by atoms with Crippen LogP contribution in [0.15, 0.2) is 8.42 Å². The number of hydrogen-bond acceptors (Lipinski definition) is 9. The second kappa shape index (κ2) is 7.17. The molecule has 8 nitrogen and oxygen atoms in total. The second-order valence-electron chi connectivity index (χ2n) is 7.64. The van der Waals surface area contributed by atoms with Gasteiger partial charge in [0.05, 0.1) is 23.7 Å². The summed E-state index contributed by atoms with van der Waals surface area (Å²) in [6, 6.07) is 0. The summed E-state index contributed by atoms with van der Waals surface area (Å²) < 4.78 is 57.5. The van der Waals surface area contributed by atoms with Crippen LogP contribution in [-0.2, 0) is 29.1 Å². The van der Waals surface area contributed by atoms with Crippen molar-refractivity contribution in [1.82, 2.24) is 0 Å². The minimum atomic E-state index is -4.17. The van der Waals surface area contributed by atoms with Crippen LogP contribution in [0.3, 0.4) is 0 Å². The van der Waals surface area contributed by atoms with Gasteiger partial charge in [-0.3, -0.25) is 0 Å². The van der Waals surface area contributed by atoms with Gasteiger partial charge in [0.2, 0.25) is 0 Å². The largest absolute Gasteiger partial charge is 0.465 e. The van der Waals surface area contributed by atoms with Crippen molar-refractivity contribution >= 4 is 42.9 Å². The average molecular weight is 441 g/mol. The minimum Gasteiger partial charge on any atom is -0.465 e. The van der Waals surface area contributed by atoms with Crippen molar-refractivity contribution in [2.24, 2.45) is 0 Å². The van der Waals surface area contributed by atoms with Crippen LogP contribution < -0.4 is 0 Å². The molecule has 0 fully saturated rings. The third-order valence-electron chi connectivity index (χ3n) is 3.72. The van der Waals surface area contributed by atoms with E-state index >= 15 is 0 Å². The van der Waals surface area contributed by atoms with Crippen LogP contribution in [0.5, 0.6) is 0 Å². The van der Waals surface area contributed by atoms with Gasteiger partial charge >= 0.3 is 11.9 Å². The van der Waals surface area contributed by atoms with E-state index in [2.05, 4.69) is 9.47 Å². The summed E-state index contributed by atoms with van der Waals surface area (Å²) in [5.74, 6) is -2.27. The van der Waals surface area contributed by atoms with Crippen LogP contribution in [-0.4, -0.2) is 52.5 Å². The van der Waals surface area contributed by atoms with E-state index in [4.69, 9.17) is 0 Å². The van der Waals surface area contributed by atoms with Gasteiger partial charge < -0.3 is 9.47 Å². The van der Waals surface area contributed by atoms with E-state index in [1.807, 2.05) is 0 Å². The molecule has 1 heterocycles. The maximum Gasteiger partial charge on any atom is 0.341 e. The Morgan fingerprint density at radius 1 is 0.704 bits per heavy atom. The Morgan fingerprint density at radius 2 is 0.963 bits per heavy atom. The molecule has 1 aromatic rings. The van der Waals surface area contributed by atoms with E-state index in [0.717, 1.165) is 14.2 Å². The molecule has 11 heteroatoms. The quantitative estimate of drug-likeness (QED) is 0.655. The predicted molar refractivity (Wildman–Crippen MR) is 101 cm³/mol. The molecule has 0 saturated carbocycles. The Morgan fingerprint density at radius 3 is 1.15 bits per heavy atom. The van der Waals surface area contributed by atoms with Crippen molar-refractivity contribution in [3.05, 3.63) is 11.1 Å². The highest BCUT2D eigenvalue weighted by Gasteiger charge is 2.45. The molecule has 0 bridgehead atoms. The van der Waals surface area contributed by atoms with Crippen LogP contribution >= 0.6 is 11.3 Å². The van der Waals surface area contributed by atoms with Gasteiger partial charge in [0, 0.05) is 0 Å². The highest BCUT2D eigenvalue weighted by atomic mass is 32.3. The number of sulfone groups is 2. The van der Waals surface area contributed by atoms with Crippen molar-refractivity contribution in [3.8, 4) is 0 Å². The van der Waals surface area contributed by atoms with Gasteiger partial charge in [-0.2, -0.15) is 0 Å². The second-order valence-corrected chi connectivity index (χ2v) is 14.5. The summed E-state index contributed by atoms with van der Waals surface area (Å²) in [6.45, 7) is 8.41. The van der Waals surface area contributed by atoms with Crippen LogP contribution in [0.4, 0.5) is 0 Å². The molecule has 0 unspecified atom stereocenters. The lowest BCUT2D eigenvalue weighted by molar-refractivity contribution is 0.0551. The van der Waals surface area contributed by atoms with E-state index < -0.39 is 60.7 Å². The normalized spacial score (nSPS) is 13.3. The third-order valence-corrected chi connectivity index (χ3v) is 10.9. The van der Waals surface area contributed by atoms with Gasteiger partial charge in [-0.25, -0.2) is 26.4 Å². The zero-order valence-electron chi connectivity index (χ0n) is 16.5. The molecule has 0 spiro atoms. The summed E-state index contributed by atoms with van der Waals surface area (Å²) in [5, 5.41) is 0. The molecule has 0 saturated heterocycles. The Hall–Kier alpha value is -1.46. The standard InChI is InChI=1S/C16H24O8S3/c1-15(2,3)26(19,20)13-9(11(17)23-7)10(12(18)24-8)14(25-13)27(21,22)16(4,5)6/h1-8H3. The summed E-state index contributed by atoms with van der Waals surface area (Å²) in [7, 11) is -6.32.